The average Bonchev–Trinajstić information content (AvgIpc) is 2.26. The predicted octanol–water partition coefficient (Wildman–Crippen LogP) is 1.43. The molecule has 1 N–H and O–H groups in total. The van der Waals surface area contributed by atoms with E-state index >= 15 is 0 Å². The highest BCUT2D eigenvalue weighted by molar-refractivity contribution is 6.08. The van der Waals surface area contributed by atoms with Crippen LogP contribution < -0.4 is 0 Å². The topological polar surface area (TPSA) is 58.9 Å². The van der Waals surface area contributed by atoms with E-state index in [1.807, 2.05) is 6.07 Å². The molecular formula is C10H11NO3. The van der Waals surface area contributed by atoms with Gasteiger partial charge in [-0.15, -0.1) is 0 Å². The highest BCUT2D eigenvalue weighted by Crippen LogP contribution is 2.04. The lowest BCUT2D eigenvalue weighted by Crippen LogP contribution is -2.10. The molecule has 0 bridgehead atoms. The molecule has 0 spiro atoms. The van der Waals surface area contributed by atoms with Crippen molar-refractivity contribution in [2.75, 3.05) is 7.11 Å². The fourth-order valence-corrected chi connectivity index (χ4v) is 1.03. The summed E-state index contributed by atoms with van der Waals surface area (Å²) in [6.45, 7) is 0. The van der Waals surface area contributed by atoms with Crippen LogP contribution >= 0.6 is 0 Å². The number of hydrogen-bond donors (Lipinski definition) is 1. The molecule has 74 valence electrons. The van der Waals surface area contributed by atoms with Crippen molar-refractivity contribution in [1.82, 2.24) is 0 Å². The van der Waals surface area contributed by atoms with E-state index in [4.69, 9.17) is 5.21 Å². The molecule has 14 heavy (non-hydrogen) atoms. The standard InChI is InChI=1S/C10H11NO3/c1-14-10(12)7-9(11-13)8-5-3-2-4-6-8/h2-6,13H,7H2,1H3/b11-9+. The molecule has 0 fully saturated rings. The molecule has 0 amide bonds. The van der Waals surface area contributed by atoms with E-state index in [9.17, 15) is 4.79 Å². The molecule has 0 aliphatic heterocycles. The lowest BCUT2D eigenvalue weighted by molar-refractivity contribution is -0.139. The third kappa shape index (κ3) is 2.58. The molecule has 0 atom stereocenters. The highest BCUT2D eigenvalue weighted by atomic mass is 16.5. The Bertz CT molecular complexity index is 332. The number of oxime groups is 1. The average molecular weight is 193 g/mol. The Morgan fingerprint density at radius 2 is 2.07 bits per heavy atom. The smallest absolute Gasteiger partial charge is 0.311 e. The van der Waals surface area contributed by atoms with Crippen molar-refractivity contribution in [3.63, 3.8) is 0 Å². The summed E-state index contributed by atoms with van der Waals surface area (Å²) in [6, 6.07) is 8.97. The van der Waals surface area contributed by atoms with Crippen LogP contribution in [0.3, 0.4) is 0 Å². The SMILES string of the molecule is COC(=O)C/C(=N\O)c1ccccc1. The second-order valence-electron chi connectivity index (χ2n) is 2.67. The fourth-order valence-electron chi connectivity index (χ4n) is 1.03. The normalized spacial score (nSPS) is 11.1. The minimum Gasteiger partial charge on any atom is -0.469 e. The third-order valence-electron chi connectivity index (χ3n) is 1.77. The van der Waals surface area contributed by atoms with Crippen LogP contribution in [0.1, 0.15) is 12.0 Å². The molecule has 1 aromatic rings. The molecule has 1 aromatic carbocycles. The number of hydrogen-bond acceptors (Lipinski definition) is 4. The van der Waals surface area contributed by atoms with E-state index in [1.165, 1.54) is 7.11 Å². The number of methoxy groups -OCH3 is 1. The van der Waals surface area contributed by atoms with Crippen molar-refractivity contribution in [1.29, 1.82) is 0 Å². The summed E-state index contributed by atoms with van der Waals surface area (Å²) < 4.78 is 4.47. The number of rotatable bonds is 3. The number of benzene rings is 1. The van der Waals surface area contributed by atoms with Crippen LogP contribution in [0.2, 0.25) is 0 Å². The Hall–Kier alpha value is -1.84. The van der Waals surface area contributed by atoms with E-state index in [0.717, 1.165) is 0 Å². The molecule has 4 nitrogen and oxygen atoms in total. The van der Waals surface area contributed by atoms with Crippen LogP contribution in [0.4, 0.5) is 0 Å². The molecule has 0 saturated carbocycles. The second kappa shape index (κ2) is 5.01. The van der Waals surface area contributed by atoms with Gasteiger partial charge in [0.25, 0.3) is 0 Å². The van der Waals surface area contributed by atoms with Gasteiger partial charge in [-0.25, -0.2) is 0 Å². The zero-order valence-corrected chi connectivity index (χ0v) is 7.80. The van der Waals surface area contributed by atoms with E-state index in [2.05, 4.69) is 9.89 Å². The van der Waals surface area contributed by atoms with Crippen LogP contribution in [0.5, 0.6) is 0 Å². The number of carbonyl (C=O) groups is 1. The molecule has 0 radical (unpaired) electrons. The first-order chi connectivity index (χ1) is 6.77. The van der Waals surface area contributed by atoms with Crippen LogP contribution in [0.25, 0.3) is 0 Å². The van der Waals surface area contributed by atoms with Crippen molar-refractivity contribution in [3.05, 3.63) is 35.9 Å². The monoisotopic (exact) mass is 193 g/mol. The van der Waals surface area contributed by atoms with Gasteiger partial charge in [0.15, 0.2) is 0 Å². The van der Waals surface area contributed by atoms with Gasteiger partial charge in [0.1, 0.15) is 0 Å². The maximum atomic E-state index is 10.9. The van der Waals surface area contributed by atoms with Crippen molar-refractivity contribution >= 4 is 11.7 Å². The molecule has 0 aliphatic rings. The number of nitrogens with zero attached hydrogens (tertiary/aromatic N) is 1. The Balaban J connectivity index is 2.79. The van der Waals surface area contributed by atoms with Gasteiger partial charge in [-0.2, -0.15) is 0 Å². The molecule has 0 unspecified atom stereocenters. The van der Waals surface area contributed by atoms with Crippen LogP contribution in [-0.4, -0.2) is 24.0 Å². The van der Waals surface area contributed by atoms with E-state index in [-0.39, 0.29) is 6.42 Å². The minimum absolute atomic E-state index is 0.0307. The summed E-state index contributed by atoms with van der Waals surface area (Å²) in [5.74, 6) is -0.429. The summed E-state index contributed by atoms with van der Waals surface area (Å²) in [6.07, 6.45) is -0.0307. The van der Waals surface area contributed by atoms with Crippen LogP contribution in [0, 0.1) is 0 Å². The zero-order chi connectivity index (χ0) is 10.4. The molecule has 1 rings (SSSR count). The van der Waals surface area contributed by atoms with Gasteiger partial charge in [0, 0.05) is 0 Å². The van der Waals surface area contributed by atoms with Crippen molar-refractivity contribution < 1.29 is 14.7 Å². The first-order valence-electron chi connectivity index (χ1n) is 4.11. The summed E-state index contributed by atoms with van der Waals surface area (Å²) in [5.41, 5.74) is 1.01. The van der Waals surface area contributed by atoms with Gasteiger partial charge in [-0.1, -0.05) is 35.5 Å². The predicted molar refractivity (Wildman–Crippen MR) is 51.4 cm³/mol. The van der Waals surface area contributed by atoms with Gasteiger partial charge >= 0.3 is 5.97 Å². The molecule has 0 aliphatic carbocycles. The maximum Gasteiger partial charge on any atom is 0.311 e. The van der Waals surface area contributed by atoms with Crippen molar-refractivity contribution in [3.8, 4) is 0 Å². The third-order valence-corrected chi connectivity index (χ3v) is 1.77. The quantitative estimate of drug-likeness (QED) is 0.342. The number of esters is 1. The van der Waals surface area contributed by atoms with Crippen molar-refractivity contribution in [2.24, 2.45) is 5.16 Å². The first-order valence-corrected chi connectivity index (χ1v) is 4.11. The lowest BCUT2D eigenvalue weighted by atomic mass is 10.1. The van der Waals surface area contributed by atoms with Crippen LogP contribution in [-0.2, 0) is 9.53 Å². The second-order valence-corrected chi connectivity index (χ2v) is 2.67. The first kappa shape index (κ1) is 10.2. The Kier molecular flexibility index (Phi) is 3.67. The summed E-state index contributed by atoms with van der Waals surface area (Å²) in [5, 5.41) is 11.8. The van der Waals surface area contributed by atoms with E-state index in [1.54, 1.807) is 24.3 Å². The molecule has 4 heteroatoms. The molecule has 0 aromatic heterocycles. The summed E-state index contributed by atoms with van der Waals surface area (Å²) >= 11 is 0. The maximum absolute atomic E-state index is 10.9. The van der Waals surface area contributed by atoms with Gasteiger partial charge < -0.3 is 9.94 Å². The van der Waals surface area contributed by atoms with Crippen molar-refractivity contribution in [2.45, 2.75) is 6.42 Å². The van der Waals surface area contributed by atoms with Gasteiger partial charge in [0.05, 0.1) is 19.2 Å². The highest BCUT2D eigenvalue weighted by Gasteiger charge is 2.09. The zero-order valence-electron chi connectivity index (χ0n) is 7.80. The number of ether oxygens (including phenoxy) is 1. The Labute approximate surface area is 81.8 Å². The Morgan fingerprint density at radius 1 is 1.43 bits per heavy atom. The molecule has 0 heterocycles. The van der Waals surface area contributed by atoms with Gasteiger partial charge in [0.2, 0.25) is 0 Å². The van der Waals surface area contributed by atoms with E-state index in [0.29, 0.717) is 11.3 Å². The lowest BCUT2D eigenvalue weighted by Gasteiger charge is -2.02. The van der Waals surface area contributed by atoms with Gasteiger partial charge in [-0.3, -0.25) is 4.79 Å². The largest absolute Gasteiger partial charge is 0.469 e. The molecule has 0 saturated heterocycles. The molecular weight excluding hydrogens is 182 g/mol. The van der Waals surface area contributed by atoms with Gasteiger partial charge in [-0.05, 0) is 5.56 Å². The fraction of sp³-hybridized carbons (Fsp3) is 0.200. The Morgan fingerprint density at radius 3 is 2.57 bits per heavy atom. The number of carbonyl (C=O) groups excluding carboxylic acids is 1. The minimum atomic E-state index is -0.429. The summed E-state index contributed by atoms with van der Waals surface area (Å²) in [7, 11) is 1.29. The van der Waals surface area contributed by atoms with E-state index < -0.39 is 5.97 Å². The van der Waals surface area contributed by atoms with Crippen LogP contribution in [0.15, 0.2) is 35.5 Å². The summed E-state index contributed by atoms with van der Waals surface area (Å²) in [4.78, 5) is 10.9.